The first kappa shape index (κ1) is 5.10. The molecule has 1 saturated heterocycles. The Balaban J connectivity index is 2.29. The van der Waals surface area contributed by atoms with Crippen LogP contribution in [0.5, 0.6) is 0 Å². The summed E-state index contributed by atoms with van der Waals surface area (Å²) in [5, 5.41) is 0. The molecule has 0 aromatic rings. The average Bonchev–Trinajstić information content (AvgIpc) is 1.68. The molecule has 0 amide bonds. The Labute approximate surface area is 45.3 Å². The Morgan fingerprint density at radius 3 is 1.71 bits per heavy atom. The molecule has 7 heavy (non-hydrogen) atoms. The molecule has 1 aliphatic rings. The Hall–Kier alpha value is -0.0400. The van der Waals surface area contributed by atoms with Gasteiger partial charge >= 0.3 is 0 Å². The van der Waals surface area contributed by atoms with Gasteiger partial charge in [-0.25, -0.2) is 0 Å². The third-order valence-electron chi connectivity index (χ3n) is 2.07. The van der Waals surface area contributed by atoms with Crippen LogP contribution in [0.15, 0.2) is 0 Å². The van der Waals surface area contributed by atoms with Crippen LogP contribution in [0.2, 0.25) is 0 Å². The van der Waals surface area contributed by atoms with Gasteiger partial charge in [0, 0.05) is 12.1 Å². The highest BCUT2D eigenvalue weighted by atomic mass is 15.2. The van der Waals surface area contributed by atoms with Crippen LogP contribution < -0.4 is 0 Å². The van der Waals surface area contributed by atoms with Gasteiger partial charge in [-0.3, -0.25) is 0 Å². The summed E-state index contributed by atoms with van der Waals surface area (Å²) in [6.07, 6.45) is 1.39. The molecular weight excluding hydrogens is 86.1 g/mol. The largest absolute Gasteiger partial charge is 0.301 e. The van der Waals surface area contributed by atoms with E-state index in [1.165, 1.54) is 6.42 Å². The molecule has 0 aliphatic carbocycles. The molecule has 0 saturated carbocycles. The predicted molar refractivity (Wildman–Crippen MR) is 31.3 cm³/mol. The number of rotatable bonds is 0. The van der Waals surface area contributed by atoms with E-state index in [1.807, 2.05) is 0 Å². The van der Waals surface area contributed by atoms with Gasteiger partial charge in [0.2, 0.25) is 0 Å². The zero-order valence-corrected chi connectivity index (χ0v) is 5.31. The first-order valence-electron chi connectivity index (χ1n) is 2.93. The van der Waals surface area contributed by atoms with Crippen LogP contribution in [0.25, 0.3) is 0 Å². The van der Waals surface area contributed by atoms with Crippen LogP contribution >= 0.6 is 0 Å². The van der Waals surface area contributed by atoms with Gasteiger partial charge < -0.3 is 4.90 Å². The van der Waals surface area contributed by atoms with Crippen molar-refractivity contribution in [1.29, 1.82) is 0 Å². The van der Waals surface area contributed by atoms with Crippen LogP contribution in [0.3, 0.4) is 0 Å². The third-order valence-corrected chi connectivity index (χ3v) is 2.07. The fourth-order valence-corrected chi connectivity index (χ4v) is 1.12. The second-order valence-electron chi connectivity index (χ2n) is 2.60. The monoisotopic (exact) mass is 99.1 g/mol. The van der Waals surface area contributed by atoms with Crippen molar-refractivity contribution in [3.63, 3.8) is 0 Å². The Kier molecular flexibility index (Phi) is 1.08. The van der Waals surface area contributed by atoms with Crippen LogP contribution in [-0.2, 0) is 0 Å². The molecular formula is C6H13N. The molecule has 1 nitrogen and oxygen atoms in total. The van der Waals surface area contributed by atoms with E-state index in [1.54, 1.807) is 0 Å². The molecule has 0 bridgehead atoms. The Morgan fingerprint density at radius 2 is 1.71 bits per heavy atom. The van der Waals surface area contributed by atoms with Crippen molar-refractivity contribution in [1.82, 2.24) is 4.90 Å². The normalized spacial score (nSPS) is 43.3. The van der Waals surface area contributed by atoms with Crippen LogP contribution in [0, 0.1) is 0 Å². The van der Waals surface area contributed by atoms with E-state index in [9.17, 15) is 0 Å². The molecule has 0 radical (unpaired) electrons. The van der Waals surface area contributed by atoms with Crippen LogP contribution in [0.4, 0.5) is 0 Å². The summed E-state index contributed by atoms with van der Waals surface area (Å²) in [5.41, 5.74) is 0. The average molecular weight is 99.2 g/mol. The minimum atomic E-state index is 0.843. The molecule has 42 valence electrons. The summed E-state index contributed by atoms with van der Waals surface area (Å²) >= 11 is 0. The smallest absolute Gasteiger partial charge is 0.00814 e. The number of nitrogens with zero attached hydrogens (tertiary/aromatic N) is 1. The lowest BCUT2D eigenvalue weighted by atomic mass is 9.98. The molecule has 1 rings (SSSR count). The maximum atomic E-state index is 2.39. The summed E-state index contributed by atoms with van der Waals surface area (Å²) in [4.78, 5) is 2.39. The fourth-order valence-electron chi connectivity index (χ4n) is 1.12. The highest BCUT2D eigenvalue weighted by Gasteiger charge is 2.26. The van der Waals surface area contributed by atoms with Crippen molar-refractivity contribution < 1.29 is 0 Å². The van der Waals surface area contributed by atoms with E-state index >= 15 is 0 Å². The van der Waals surface area contributed by atoms with E-state index in [-0.39, 0.29) is 0 Å². The lowest BCUT2D eigenvalue weighted by Gasteiger charge is -2.42. The van der Waals surface area contributed by atoms with Crippen molar-refractivity contribution in [2.75, 3.05) is 7.05 Å². The van der Waals surface area contributed by atoms with Crippen molar-refractivity contribution >= 4 is 0 Å². The Bertz CT molecular complexity index is 62.6. The molecule has 0 spiro atoms. The maximum Gasteiger partial charge on any atom is 0.00814 e. The Morgan fingerprint density at radius 1 is 1.29 bits per heavy atom. The van der Waals surface area contributed by atoms with E-state index in [0.717, 1.165) is 12.1 Å². The summed E-state index contributed by atoms with van der Waals surface area (Å²) in [5.74, 6) is 0. The van der Waals surface area contributed by atoms with Crippen molar-refractivity contribution in [3.05, 3.63) is 0 Å². The maximum absolute atomic E-state index is 2.39. The molecule has 1 heteroatoms. The molecule has 2 atom stereocenters. The minimum Gasteiger partial charge on any atom is -0.301 e. The minimum absolute atomic E-state index is 0.843. The van der Waals surface area contributed by atoms with Crippen molar-refractivity contribution in [2.45, 2.75) is 32.4 Å². The van der Waals surface area contributed by atoms with Crippen molar-refractivity contribution in [2.24, 2.45) is 0 Å². The lowest BCUT2D eigenvalue weighted by molar-refractivity contribution is 0.0697. The SMILES string of the molecule is CC1C[C@@H](C)N1C. The molecule has 1 unspecified atom stereocenters. The summed E-state index contributed by atoms with van der Waals surface area (Å²) in [6.45, 7) is 4.53. The number of hydrogen-bond donors (Lipinski definition) is 0. The van der Waals surface area contributed by atoms with E-state index in [0.29, 0.717) is 0 Å². The van der Waals surface area contributed by atoms with Gasteiger partial charge in [0.05, 0.1) is 0 Å². The second-order valence-corrected chi connectivity index (χ2v) is 2.60. The second kappa shape index (κ2) is 1.48. The number of hydrogen-bond acceptors (Lipinski definition) is 1. The van der Waals surface area contributed by atoms with E-state index in [4.69, 9.17) is 0 Å². The molecule has 1 aliphatic heterocycles. The van der Waals surface area contributed by atoms with Gasteiger partial charge in [0.15, 0.2) is 0 Å². The van der Waals surface area contributed by atoms with Crippen molar-refractivity contribution in [3.8, 4) is 0 Å². The van der Waals surface area contributed by atoms with Gasteiger partial charge in [-0.15, -0.1) is 0 Å². The highest BCUT2D eigenvalue weighted by molar-refractivity contribution is 4.83. The van der Waals surface area contributed by atoms with E-state index in [2.05, 4.69) is 25.8 Å². The standard InChI is InChI=1S/C6H13N/c1-5-4-6(2)7(5)3/h5-6H,4H2,1-3H3/t5-,6?/m1/s1. The molecule has 0 N–H and O–H groups in total. The van der Waals surface area contributed by atoms with Crippen LogP contribution in [-0.4, -0.2) is 24.0 Å². The van der Waals surface area contributed by atoms with Gasteiger partial charge in [0.1, 0.15) is 0 Å². The van der Waals surface area contributed by atoms with Gasteiger partial charge in [-0.05, 0) is 27.3 Å². The topological polar surface area (TPSA) is 3.24 Å². The van der Waals surface area contributed by atoms with E-state index < -0.39 is 0 Å². The molecule has 1 heterocycles. The number of likely N-dealkylation sites (tertiary alicyclic amines) is 1. The van der Waals surface area contributed by atoms with Gasteiger partial charge in [0.25, 0.3) is 0 Å². The third kappa shape index (κ3) is 0.653. The predicted octanol–water partition coefficient (Wildman–Crippen LogP) is 1.10. The summed E-state index contributed by atoms with van der Waals surface area (Å²) in [7, 11) is 2.18. The summed E-state index contributed by atoms with van der Waals surface area (Å²) in [6, 6.07) is 1.69. The zero-order valence-electron chi connectivity index (χ0n) is 5.31. The molecule has 0 aromatic carbocycles. The lowest BCUT2D eigenvalue weighted by Crippen LogP contribution is -2.49. The first-order valence-corrected chi connectivity index (χ1v) is 2.93. The molecule has 0 aromatic heterocycles. The van der Waals surface area contributed by atoms with Crippen LogP contribution in [0.1, 0.15) is 20.3 Å². The first-order chi connectivity index (χ1) is 3.22. The quantitative estimate of drug-likeness (QED) is 0.439. The zero-order chi connectivity index (χ0) is 5.44. The van der Waals surface area contributed by atoms with Gasteiger partial charge in [-0.2, -0.15) is 0 Å². The summed E-state index contributed by atoms with van der Waals surface area (Å²) < 4.78 is 0. The van der Waals surface area contributed by atoms with Gasteiger partial charge in [-0.1, -0.05) is 0 Å². The fraction of sp³-hybridized carbons (Fsp3) is 1.00. The molecule has 1 fully saturated rings. The highest BCUT2D eigenvalue weighted by Crippen LogP contribution is 2.21.